The molecule has 1 aromatic carbocycles. The third-order valence-electron chi connectivity index (χ3n) is 2.22. The van der Waals surface area contributed by atoms with E-state index in [1.165, 1.54) is 0 Å². The standard InChI is InChI=1S/C12H16ClFO/c1-3-6-15-12-5-4-10(7-11(12)13)9(2)8-14/h4-5,7,9H,3,6,8H2,1-2H3. The second kappa shape index (κ2) is 5.96. The van der Waals surface area contributed by atoms with E-state index in [1.807, 2.05) is 19.9 Å². The summed E-state index contributed by atoms with van der Waals surface area (Å²) in [6.45, 7) is 4.15. The van der Waals surface area contributed by atoms with Gasteiger partial charge in [-0.2, -0.15) is 0 Å². The third-order valence-corrected chi connectivity index (χ3v) is 2.51. The molecule has 3 heteroatoms. The highest BCUT2D eigenvalue weighted by molar-refractivity contribution is 6.32. The Morgan fingerprint density at radius 3 is 2.73 bits per heavy atom. The summed E-state index contributed by atoms with van der Waals surface area (Å²) in [5, 5.41) is 0.557. The Hall–Kier alpha value is -0.760. The van der Waals surface area contributed by atoms with Gasteiger partial charge in [-0.15, -0.1) is 0 Å². The van der Waals surface area contributed by atoms with Crippen molar-refractivity contribution in [1.29, 1.82) is 0 Å². The fraction of sp³-hybridized carbons (Fsp3) is 0.500. The second-order valence-electron chi connectivity index (χ2n) is 3.59. The van der Waals surface area contributed by atoms with E-state index in [4.69, 9.17) is 16.3 Å². The van der Waals surface area contributed by atoms with Crippen LogP contribution >= 0.6 is 11.6 Å². The molecule has 0 radical (unpaired) electrons. The summed E-state index contributed by atoms with van der Waals surface area (Å²) in [6, 6.07) is 5.44. The lowest BCUT2D eigenvalue weighted by Crippen LogP contribution is -1.98. The molecule has 15 heavy (non-hydrogen) atoms. The molecule has 0 aromatic heterocycles. The van der Waals surface area contributed by atoms with Gasteiger partial charge in [0.2, 0.25) is 0 Å². The van der Waals surface area contributed by atoms with Crippen LogP contribution in [0.2, 0.25) is 5.02 Å². The summed E-state index contributed by atoms with van der Waals surface area (Å²) in [4.78, 5) is 0. The van der Waals surface area contributed by atoms with Gasteiger partial charge in [-0.3, -0.25) is 4.39 Å². The molecule has 0 bridgehead atoms. The van der Waals surface area contributed by atoms with E-state index >= 15 is 0 Å². The van der Waals surface area contributed by atoms with E-state index in [9.17, 15) is 4.39 Å². The quantitative estimate of drug-likeness (QED) is 0.737. The number of alkyl halides is 1. The minimum absolute atomic E-state index is 0.109. The maximum absolute atomic E-state index is 12.4. The molecule has 0 spiro atoms. The zero-order chi connectivity index (χ0) is 11.3. The molecule has 0 fully saturated rings. The second-order valence-corrected chi connectivity index (χ2v) is 4.00. The number of ether oxygens (including phenoxy) is 1. The normalized spacial score (nSPS) is 12.5. The Labute approximate surface area is 95.2 Å². The Morgan fingerprint density at radius 2 is 2.20 bits per heavy atom. The molecule has 0 saturated heterocycles. The van der Waals surface area contributed by atoms with Crippen LogP contribution in [0.25, 0.3) is 0 Å². The molecule has 1 nitrogen and oxygen atoms in total. The van der Waals surface area contributed by atoms with Gasteiger partial charge in [0.05, 0.1) is 18.3 Å². The van der Waals surface area contributed by atoms with E-state index in [0.717, 1.165) is 12.0 Å². The number of halogens is 2. The average Bonchev–Trinajstić information content (AvgIpc) is 2.26. The van der Waals surface area contributed by atoms with E-state index in [1.54, 1.807) is 12.1 Å². The van der Waals surface area contributed by atoms with Crippen LogP contribution in [0.1, 0.15) is 31.7 Å². The number of rotatable bonds is 5. The van der Waals surface area contributed by atoms with Crippen molar-refractivity contribution < 1.29 is 9.13 Å². The fourth-order valence-corrected chi connectivity index (χ4v) is 1.49. The maximum atomic E-state index is 12.4. The Balaban J connectivity index is 2.78. The monoisotopic (exact) mass is 230 g/mol. The minimum Gasteiger partial charge on any atom is -0.492 e. The summed E-state index contributed by atoms with van der Waals surface area (Å²) in [5.41, 5.74) is 0.909. The van der Waals surface area contributed by atoms with Crippen LogP contribution in [0.4, 0.5) is 4.39 Å². The first-order chi connectivity index (χ1) is 7.19. The van der Waals surface area contributed by atoms with Crippen LogP contribution in [-0.4, -0.2) is 13.3 Å². The zero-order valence-corrected chi connectivity index (χ0v) is 9.85. The van der Waals surface area contributed by atoms with Crippen molar-refractivity contribution in [3.8, 4) is 5.75 Å². The van der Waals surface area contributed by atoms with Crippen LogP contribution in [0.3, 0.4) is 0 Å². The molecule has 0 saturated carbocycles. The van der Waals surface area contributed by atoms with Crippen molar-refractivity contribution in [1.82, 2.24) is 0 Å². The predicted octanol–water partition coefficient (Wildman–Crippen LogP) is 4.20. The number of benzene rings is 1. The number of hydrogen-bond donors (Lipinski definition) is 0. The SMILES string of the molecule is CCCOc1ccc(C(C)CF)cc1Cl. The van der Waals surface area contributed by atoms with Crippen LogP contribution < -0.4 is 4.74 Å². The highest BCUT2D eigenvalue weighted by atomic mass is 35.5. The zero-order valence-electron chi connectivity index (χ0n) is 9.09. The molecule has 0 aliphatic rings. The Kier molecular flexibility index (Phi) is 4.89. The molecule has 0 N–H and O–H groups in total. The summed E-state index contributed by atoms with van der Waals surface area (Å²) < 4.78 is 17.9. The van der Waals surface area contributed by atoms with Gasteiger partial charge in [0, 0.05) is 5.92 Å². The molecular weight excluding hydrogens is 215 g/mol. The van der Waals surface area contributed by atoms with Gasteiger partial charge in [-0.25, -0.2) is 0 Å². The van der Waals surface area contributed by atoms with Gasteiger partial charge in [0.15, 0.2) is 0 Å². The van der Waals surface area contributed by atoms with Crippen molar-refractivity contribution >= 4 is 11.6 Å². The smallest absolute Gasteiger partial charge is 0.137 e. The summed E-state index contributed by atoms with van der Waals surface area (Å²) >= 11 is 6.02. The molecule has 0 amide bonds. The van der Waals surface area contributed by atoms with Crippen LogP contribution in [0.5, 0.6) is 5.75 Å². The molecule has 0 aliphatic heterocycles. The molecule has 0 heterocycles. The lowest BCUT2D eigenvalue weighted by Gasteiger charge is -2.11. The predicted molar refractivity (Wildman–Crippen MR) is 61.6 cm³/mol. The van der Waals surface area contributed by atoms with Crippen LogP contribution in [0.15, 0.2) is 18.2 Å². The van der Waals surface area contributed by atoms with Gasteiger partial charge in [-0.05, 0) is 24.1 Å². The van der Waals surface area contributed by atoms with Crippen molar-refractivity contribution in [3.63, 3.8) is 0 Å². The van der Waals surface area contributed by atoms with E-state index < -0.39 is 0 Å². The summed E-state index contributed by atoms with van der Waals surface area (Å²) in [5.74, 6) is 0.566. The molecular formula is C12H16ClFO. The van der Waals surface area contributed by atoms with Crippen molar-refractivity contribution in [2.75, 3.05) is 13.3 Å². The molecule has 1 unspecified atom stereocenters. The topological polar surface area (TPSA) is 9.23 Å². The van der Waals surface area contributed by atoms with Crippen molar-refractivity contribution in [2.24, 2.45) is 0 Å². The highest BCUT2D eigenvalue weighted by Crippen LogP contribution is 2.28. The van der Waals surface area contributed by atoms with Crippen LogP contribution in [-0.2, 0) is 0 Å². The van der Waals surface area contributed by atoms with Gasteiger partial charge in [0.1, 0.15) is 5.75 Å². The largest absolute Gasteiger partial charge is 0.492 e. The molecule has 1 atom stereocenters. The maximum Gasteiger partial charge on any atom is 0.137 e. The van der Waals surface area contributed by atoms with Gasteiger partial charge in [0.25, 0.3) is 0 Å². The van der Waals surface area contributed by atoms with Gasteiger partial charge >= 0.3 is 0 Å². The third kappa shape index (κ3) is 3.38. The first-order valence-corrected chi connectivity index (χ1v) is 5.55. The lowest BCUT2D eigenvalue weighted by atomic mass is 10.0. The molecule has 1 rings (SSSR count). The molecule has 1 aromatic rings. The first-order valence-electron chi connectivity index (χ1n) is 5.17. The van der Waals surface area contributed by atoms with Gasteiger partial charge < -0.3 is 4.74 Å². The van der Waals surface area contributed by atoms with Crippen molar-refractivity contribution in [3.05, 3.63) is 28.8 Å². The van der Waals surface area contributed by atoms with E-state index in [2.05, 4.69) is 0 Å². The van der Waals surface area contributed by atoms with Crippen LogP contribution in [0, 0.1) is 0 Å². The Morgan fingerprint density at radius 1 is 1.47 bits per heavy atom. The lowest BCUT2D eigenvalue weighted by molar-refractivity contribution is 0.317. The van der Waals surface area contributed by atoms with Gasteiger partial charge in [-0.1, -0.05) is 31.5 Å². The minimum atomic E-state index is -0.370. The molecule has 0 aliphatic carbocycles. The number of hydrogen-bond acceptors (Lipinski definition) is 1. The summed E-state index contributed by atoms with van der Waals surface area (Å²) in [7, 11) is 0. The molecule has 84 valence electrons. The van der Waals surface area contributed by atoms with E-state index in [0.29, 0.717) is 17.4 Å². The average molecular weight is 231 g/mol. The summed E-state index contributed by atoms with van der Waals surface area (Å²) in [6.07, 6.45) is 0.943. The van der Waals surface area contributed by atoms with E-state index in [-0.39, 0.29) is 12.6 Å². The highest BCUT2D eigenvalue weighted by Gasteiger charge is 2.08. The fourth-order valence-electron chi connectivity index (χ4n) is 1.24. The Bertz CT molecular complexity index is 314. The first kappa shape index (κ1) is 12.3. The van der Waals surface area contributed by atoms with Crippen molar-refractivity contribution in [2.45, 2.75) is 26.2 Å².